The van der Waals surface area contributed by atoms with Crippen LogP contribution < -0.4 is 5.32 Å². The van der Waals surface area contributed by atoms with Gasteiger partial charge in [0.25, 0.3) is 0 Å². The Morgan fingerprint density at radius 2 is 2.21 bits per heavy atom. The molecule has 1 aliphatic heterocycles. The zero-order valence-electron chi connectivity index (χ0n) is 13.6. The molecule has 0 saturated carbocycles. The number of ether oxygens (including phenoxy) is 1. The van der Waals surface area contributed by atoms with Crippen LogP contribution in [0.2, 0.25) is 0 Å². The van der Waals surface area contributed by atoms with E-state index in [0.29, 0.717) is 19.7 Å². The first-order valence-electron chi connectivity index (χ1n) is 8.05. The maximum Gasteiger partial charge on any atom is 0.236 e. The third kappa shape index (κ3) is 4.20. The number of nitrogens with one attached hydrogen (secondary N) is 1. The number of hydrogen-bond acceptors (Lipinski definition) is 4. The second-order valence-corrected chi connectivity index (χ2v) is 6.88. The van der Waals surface area contributed by atoms with Gasteiger partial charge in [0.2, 0.25) is 5.91 Å². The van der Waals surface area contributed by atoms with Gasteiger partial charge in [0.15, 0.2) is 0 Å². The Labute approximate surface area is 145 Å². The highest BCUT2D eigenvalue weighted by atomic mass is 32.1. The van der Waals surface area contributed by atoms with Crippen molar-refractivity contribution in [3.05, 3.63) is 58.0 Å². The van der Waals surface area contributed by atoms with E-state index in [2.05, 4.69) is 5.32 Å². The molecule has 1 saturated heterocycles. The van der Waals surface area contributed by atoms with Gasteiger partial charge in [-0.25, -0.2) is 4.39 Å². The van der Waals surface area contributed by atoms with Crippen LogP contribution in [0.1, 0.15) is 23.4 Å². The van der Waals surface area contributed by atoms with Gasteiger partial charge in [-0.1, -0.05) is 18.2 Å². The van der Waals surface area contributed by atoms with Crippen molar-refractivity contribution in [1.82, 2.24) is 10.2 Å². The summed E-state index contributed by atoms with van der Waals surface area (Å²) < 4.78 is 18.7. The maximum atomic E-state index is 13.2. The molecule has 1 aromatic heterocycles. The Morgan fingerprint density at radius 1 is 1.42 bits per heavy atom. The largest absolute Gasteiger partial charge is 0.375 e. The molecule has 0 radical (unpaired) electrons. The Hall–Kier alpha value is -1.76. The van der Waals surface area contributed by atoms with Gasteiger partial charge < -0.3 is 9.64 Å². The van der Waals surface area contributed by atoms with E-state index >= 15 is 0 Å². The monoisotopic (exact) mass is 348 g/mol. The molecule has 24 heavy (non-hydrogen) atoms. The zero-order valence-corrected chi connectivity index (χ0v) is 14.4. The van der Waals surface area contributed by atoms with Crippen LogP contribution in [0.25, 0.3) is 0 Å². The van der Waals surface area contributed by atoms with Crippen LogP contribution in [0, 0.1) is 5.82 Å². The van der Waals surface area contributed by atoms with Crippen LogP contribution in [0.3, 0.4) is 0 Å². The van der Waals surface area contributed by atoms with Crippen LogP contribution in [0.5, 0.6) is 0 Å². The molecule has 0 spiro atoms. The number of amides is 1. The molecule has 2 heterocycles. The van der Waals surface area contributed by atoms with Gasteiger partial charge in [-0.3, -0.25) is 10.1 Å². The molecule has 1 fully saturated rings. The summed E-state index contributed by atoms with van der Waals surface area (Å²) in [5.41, 5.74) is 0.946. The molecular formula is C18H21FN2O2S. The Bertz CT molecular complexity index is 660. The van der Waals surface area contributed by atoms with E-state index < -0.39 is 0 Å². The van der Waals surface area contributed by atoms with Crippen molar-refractivity contribution >= 4 is 17.2 Å². The van der Waals surface area contributed by atoms with Gasteiger partial charge in [-0.05, 0) is 36.1 Å². The van der Waals surface area contributed by atoms with Crippen LogP contribution in [0.4, 0.5) is 4.39 Å². The van der Waals surface area contributed by atoms with E-state index in [1.54, 1.807) is 23.5 Å². The van der Waals surface area contributed by atoms with E-state index in [1.165, 1.54) is 12.1 Å². The molecule has 128 valence electrons. The van der Waals surface area contributed by atoms with Crippen molar-refractivity contribution in [2.75, 3.05) is 26.2 Å². The van der Waals surface area contributed by atoms with Gasteiger partial charge in [0, 0.05) is 18.0 Å². The minimum Gasteiger partial charge on any atom is -0.375 e. The predicted molar refractivity (Wildman–Crippen MR) is 92.6 cm³/mol. The smallest absolute Gasteiger partial charge is 0.236 e. The van der Waals surface area contributed by atoms with E-state index in [4.69, 9.17) is 4.74 Å². The van der Waals surface area contributed by atoms with Crippen molar-refractivity contribution in [3.8, 4) is 0 Å². The maximum absolute atomic E-state index is 13.2. The average Bonchev–Trinajstić information content (AvgIpc) is 3.11. The Morgan fingerprint density at radius 3 is 2.88 bits per heavy atom. The summed E-state index contributed by atoms with van der Waals surface area (Å²) in [6.45, 7) is 4.05. The van der Waals surface area contributed by atoms with Gasteiger partial charge in [0.05, 0.1) is 25.3 Å². The second kappa shape index (κ2) is 7.88. The first-order valence-corrected chi connectivity index (χ1v) is 8.93. The fourth-order valence-corrected chi connectivity index (χ4v) is 3.67. The van der Waals surface area contributed by atoms with Gasteiger partial charge in [0.1, 0.15) is 5.82 Å². The summed E-state index contributed by atoms with van der Waals surface area (Å²) >= 11 is 1.62. The fourth-order valence-electron chi connectivity index (χ4n) is 2.84. The molecule has 1 amide bonds. The molecule has 6 heteroatoms. The molecule has 1 N–H and O–H groups in total. The van der Waals surface area contributed by atoms with E-state index in [9.17, 15) is 9.18 Å². The van der Waals surface area contributed by atoms with Crippen molar-refractivity contribution in [3.63, 3.8) is 0 Å². The second-order valence-electron chi connectivity index (χ2n) is 5.90. The normalized spacial score (nSPS) is 19.2. The molecule has 1 aliphatic rings. The summed E-state index contributed by atoms with van der Waals surface area (Å²) in [4.78, 5) is 15.4. The highest BCUT2D eigenvalue weighted by molar-refractivity contribution is 7.10. The van der Waals surface area contributed by atoms with E-state index in [1.807, 2.05) is 29.3 Å². The lowest BCUT2D eigenvalue weighted by molar-refractivity contribution is -0.137. The summed E-state index contributed by atoms with van der Waals surface area (Å²) in [5.74, 6) is -0.198. The van der Waals surface area contributed by atoms with Crippen LogP contribution >= 0.6 is 11.3 Å². The molecule has 4 nitrogen and oxygen atoms in total. The van der Waals surface area contributed by atoms with E-state index in [0.717, 1.165) is 10.4 Å². The summed E-state index contributed by atoms with van der Waals surface area (Å²) in [6.07, 6.45) is 0.0768. The molecule has 0 aliphatic carbocycles. The number of carbonyl (C=O) groups excluding carboxylic acids is 1. The number of hydrogen-bond donors (Lipinski definition) is 1. The number of morpholine rings is 1. The fraction of sp³-hybridized carbons (Fsp3) is 0.389. The van der Waals surface area contributed by atoms with Crippen LogP contribution in [-0.2, 0) is 9.53 Å². The first-order chi connectivity index (χ1) is 11.6. The minimum atomic E-state index is -0.262. The number of halogens is 1. The molecule has 0 bridgehead atoms. The Kier molecular flexibility index (Phi) is 5.60. The van der Waals surface area contributed by atoms with Crippen molar-refractivity contribution in [1.29, 1.82) is 0 Å². The highest BCUT2D eigenvalue weighted by Crippen LogP contribution is 2.26. The lowest BCUT2D eigenvalue weighted by atomic mass is 10.1. The van der Waals surface area contributed by atoms with Gasteiger partial charge in [-0.15, -0.1) is 11.3 Å². The van der Waals surface area contributed by atoms with Crippen molar-refractivity contribution in [2.45, 2.75) is 19.1 Å². The zero-order chi connectivity index (χ0) is 16.9. The molecule has 2 atom stereocenters. The first kappa shape index (κ1) is 17.1. The topological polar surface area (TPSA) is 41.6 Å². The third-order valence-corrected chi connectivity index (χ3v) is 5.02. The third-order valence-electron chi connectivity index (χ3n) is 4.08. The molecular weight excluding hydrogens is 327 g/mol. The lowest BCUT2D eigenvalue weighted by Gasteiger charge is -2.31. The van der Waals surface area contributed by atoms with Crippen molar-refractivity contribution < 1.29 is 13.9 Å². The number of carbonyl (C=O) groups is 1. The number of benzene rings is 1. The van der Waals surface area contributed by atoms with Gasteiger partial charge in [-0.2, -0.15) is 0 Å². The SMILES string of the molecule is C[C@H]1CN(C(=O)CN[C@H](c2ccc(F)cc2)c2cccs2)CCO1. The van der Waals surface area contributed by atoms with Crippen LogP contribution in [-0.4, -0.2) is 43.2 Å². The molecule has 2 aromatic rings. The molecule has 1 aromatic carbocycles. The number of rotatable bonds is 5. The average molecular weight is 348 g/mol. The predicted octanol–water partition coefficient (Wildman–Crippen LogP) is 2.81. The van der Waals surface area contributed by atoms with Crippen molar-refractivity contribution in [2.24, 2.45) is 0 Å². The summed E-state index contributed by atoms with van der Waals surface area (Å²) in [6, 6.07) is 10.3. The minimum absolute atomic E-state index is 0.0637. The number of thiophene rings is 1. The van der Waals surface area contributed by atoms with Crippen LogP contribution in [0.15, 0.2) is 41.8 Å². The molecule has 0 unspecified atom stereocenters. The summed E-state index contributed by atoms with van der Waals surface area (Å²) in [5, 5.41) is 5.32. The van der Waals surface area contributed by atoms with E-state index in [-0.39, 0.29) is 30.4 Å². The summed E-state index contributed by atoms with van der Waals surface area (Å²) in [7, 11) is 0. The quantitative estimate of drug-likeness (QED) is 0.903. The Balaban J connectivity index is 1.68. The number of nitrogens with zero attached hydrogens (tertiary/aromatic N) is 1. The lowest BCUT2D eigenvalue weighted by Crippen LogP contribution is -2.48. The highest BCUT2D eigenvalue weighted by Gasteiger charge is 2.23. The molecule has 3 rings (SSSR count). The van der Waals surface area contributed by atoms with Gasteiger partial charge >= 0.3 is 0 Å². The standard InChI is InChI=1S/C18H21FN2O2S/c1-13-12-21(8-9-23-13)17(22)11-20-18(16-3-2-10-24-16)14-4-6-15(19)7-5-14/h2-7,10,13,18,20H,8-9,11-12H2,1H3/t13-,18+/m0/s1.